The van der Waals surface area contributed by atoms with Gasteiger partial charge < -0.3 is 13.7 Å². The van der Waals surface area contributed by atoms with Crippen LogP contribution in [-0.2, 0) is 6.54 Å². The summed E-state index contributed by atoms with van der Waals surface area (Å²) in [6.45, 7) is 5.22. The lowest BCUT2D eigenvalue weighted by molar-refractivity contribution is 0.148. The third-order valence-corrected chi connectivity index (χ3v) is 5.02. The van der Waals surface area contributed by atoms with Gasteiger partial charge in [-0.2, -0.15) is 9.97 Å². The van der Waals surface area contributed by atoms with Gasteiger partial charge in [-0.25, -0.2) is 4.39 Å². The number of piperazine rings is 1. The zero-order valence-corrected chi connectivity index (χ0v) is 15.5. The van der Waals surface area contributed by atoms with Gasteiger partial charge in [0.05, 0.1) is 0 Å². The van der Waals surface area contributed by atoms with Crippen LogP contribution < -0.4 is 5.32 Å². The van der Waals surface area contributed by atoms with Gasteiger partial charge in [-0.05, 0) is 36.9 Å². The predicted octanol–water partition coefficient (Wildman–Crippen LogP) is 3.60. The van der Waals surface area contributed by atoms with Crippen LogP contribution in [-0.4, -0.2) is 53.0 Å². The van der Waals surface area contributed by atoms with E-state index in [1.165, 1.54) is 17.7 Å². The average molecular weight is 381 g/mol. The molecule has 0 spiro atoms. The number of rotatable bonds is 4. The second kappa shape index (κ2) is 6.88. The van der Waals surface area contributed by atoms with E-state index in [1.54, 1.807) is 6.07 Å². The summed E-state index contributed by atoms with van der Waals surface area (Å²) >= 11 is 0. The van der Waals surface area contributed by atoms with Crippen LogP contribution in [0.3, 0.4) is 0 Å². The lowest BCUT2D eigenvalue weighted by Gasteiger charge is -2.32. The summed E-state index contributed by atoms with van der Waals surface area (Å²) in [4.78, 5) is 13.5. The van der Waals surface area contributed by atoms with Crippen LogP contribution in [0, 0.1) is 5.82 Å². The van der Waals surface area contributed by atoms with E-state index in [0.717, 1.165) is 38.2 Å². The van der Waals surface area contributed by atoms with Gasteiger partial charge in [0.1, 0.15) is 16.9 Å². The van der Waals surface area contributed by atoms with Crippen molar-refractivity contribution in [3.63, 3.8) is 0 Å². The largest absolute Gasteiger partial charge is 0.423 e. The number of aromatic nitrogens is 2. The molecule has 7 nitrogen and oxygen atoms in total. The van der Waals surface area contributed by atoms with Gasteiger partial charge in [0.2, 0.25) is 0 Å². The van der Waals surface area contributed by atoms with E-state index in [2.05, 4.69) is 38.2 Å². The fraction of sp³-hybridized carbons (Fsp3) is 0.300. The fourth-order valence-corrected chi connectivity index (χ4v) is 3.43. The topological polar surface area (TPSA) is 70.6 Å². The van der Waals surface area contributed by atoms with Crippen LogP contribution >= 0.6 is 0 Å². The van der Waals surface area contributed by atoms with Gasteiger partial charge in [0.25, 0.3) is 0 Å². The quantitative estimate of drug-likeness (QED) is 0.579. The smallest absolute Gasteiger partial charge is 0.303 e. The van der Waals surface area contributed by atoms with Crippen molar-refractivity contribution in [1.29, 1.82) is 0 Å². The Morgan fingerprint density at radius 1 is 0.929 bits per heavy atom. The Morgan fingerprint density at radius 3 is 2.29 bits per heavy atom. The number of likely N-dealkylation sites (N-methyl/N-ethyl adjacent to an activating group) is 1. The number of anilines is 2. The first-order valence-electron chi connectivity index (χ1n) is 9.26. The van der Waals surface area contributed by atoms with Gasteiger partial charge >= 0.3 is 12.0 Å². The maximum absolute atomic E-state index is 13.3. The molecule has 0 radical (unpaired) electrons. The van der Waals surface area contributed by atoms with Gasteiger partial charge in [0.15, 0.2) is 11.2 Å². The molecule has 1 fully saturated rings. The van der Waals surface area contributed by atoms with Crippen molar-refractivity contribution >= 4 is 34.2 Å². The van der Waals surface area contributed by atoms with Crippen LogP contribution in [0.5, 0.6) is 0 Å². The molecule has 0 aliphatic carbocycles. The minimum atomic E-state index is -0.359. The van der Waals surface area contributed by atoms with Crippen molar-refractivity contribution in [2.45, 2.75) is 6.54 Å². The summed E-state index contributed by atoms with van der Waals surface area (Å²) in [6.07, 6.45) is 0. The predicted molar refractivity (Wildman–Crippen MR) is 104 cm³/mol. The molecule has 1 saturated heterocycles. The third-order valence-electron chi connectivity index (χ3n) is 5.02. The number of hydrogen-bond acceptors (Lipinski definition) is 7. The molecule has 1 N–H and O–H groups in total. The van der Waals surface area contributed by atoms with Crippen LogP contribution in [0.4, 0.5) is 16.4 Å². The molecule has 2 aromatic carbocycles. The molecule has 144 valence electrons. The normalized spacial score (nSPS) is 16.2. The minimum absolute atomic E-state index is 0.213. The molecule has 0 amide bonds. The van der Waals surface area contributed by atoms with Crippen molar-refractivity contribution in [1.82, 2.24) is 19.8 Å². The number of benzene rings is 2. The molecular formula is C20H20FN5O2. The van der Waals surface area contributed by atoms with Crippen molar-refractivity contribution in [2.75, 3.05) is 38.5 Å². The fourth-order valence-electron chi connectivity index (χ4n) is 3.43. The SMILES string of the molecule is CN1CCN(Cc2ccc3oc(Nc4nc5cc(F)ccc5o4)nc3c2)CC1. The van der Waals surface area contributed by atoms with Gasteiger partial charge in [0, 0.05) is 38.8 Å². The first-order chi connectivity index (χ1) is 13.6. The third kappa shape index (κ3) is 3.44. The zero-order valence-electron chi connectivity index (χ0n) is 15.5. The van der Waals surface area contributed by atoms with Gasteiger partial charge in [-0.3, -0.25) is 10.2 Å². The summed E-state index contributed by atoms with van der Waals surface area (Å²) < 4.78 is 24.6. The molecular weight excluding hydrogens is 361 g/mol. The molecule has 0 saturated carbocycles. The first kappa shape index (κ1) is 17.2. The minimum Gasteiger partial charge on any atom is -0.423 e. The van der Waals surface area contributed by atoms with E-state index >= 15 is 0 Å². The second-order valence-electron chi connectivity index (χ2n) is 7.16. The Hall–Kier alpha value is -2.97. The molecule has 2 aromatic heterocycles. The summed E-state index contributed by atoms with van der Waals surface area (Å²) in [7, 11) is 2.15. The summed E-state index contributed by atoms with van der Waals surface area (Å²) in [5, 5.41) is 2.91. The van der Waals surface area contributed by atoms with Gasteiger partial charge in [-0.1, -0.05) is 6.07 Å². The number of oxazole rings is 2. The Bertz CT molecular complexity index is 1130. The van der Waals surface area contributed by atoms with E-state index in [4.69, 9.17) is 8.83 Å². The molecule has 3 heterocycles. The van der Waals surface area contributed by atoms with E-state index < -0.39 is 0 Å². The molecule has 0 bridgehead atoms. The summed E-state index contributed by atoms with van der Waals surface area (Å²) in [5.74, 6) is -0.359. The average Bonchev–Trinajstić information content (AvgIpc) is 3.25. The highest BCUT2D eigenvalue weighted by Gasteiger charge is 2.15. The lowest BCUT2D eigenvalue weighted by atomic mass is 10.2. The van der Waals surface area contributed by atoms with Crippen molar-refractivity contribution in [2.24, 2.45) is 0 Å². The highest BCUT2D eigenvalue weighted by atomic mass is 19.1. The number of fused-ring (bicyclic) bond motifs is 2. The maximum Gasteiger partial charge on any atom is 0.303 e. The molecule has 28 heavy (non-hydrogen) atoms. The van der Waals surface area contributed by atoms with E-state index in [-0.39, 0.29) is 11.8 Å². The number of hydrogen-bond donors (Lipinski definition) is 1. The zero-order chi connectivity index (χ0) is 19.1. The summed E-state index contributed by atoms with van der Waals surface area (Å²) in [5.41, 5.74) is 3.60. The highest BCUT2D eigenvalue weighted by molar-refractivity contribution is 5.77. The lowest BCUT2D eigenvalue weighted by Crippen LogP contribution is -2.43. The maximum atomic E-state index is 13.3. The van der Waals surface area contributed by atoms with Gasteiger partial charge in [-0.15, -0.1) is 0 Å². The Morgan fingerprint density at radius 2 is 1.57 bits per heavy atom. The standard InChI is InChI=1S/C20H20FN5O2/c1-25-6-8-26(9-7-25)12-13-2-4-17-15(10-13)22-19(27-17)24-20-23-16-11-14(21)3-5-18(16)28-20/h2-5,10-11H,6-9,12H2,1H3,(H,22,23,24). The molecule has 5 rings (SSSR count). The van der Waals surface area contributed by atoms with E-state index in [1.807, 2.05) is 12.1 Å². The number of nitrogens with one attached hydrogen (secondary N) is 1. The van der Waals surface area contributed by atoms with Crippen LogP contribution in [0.15, 0.2) is 45.2 Å². The highest BCUT2D eigenvalue weighted by Crippen LogP contribution is 2.26. The van der Waals surface area contributed by atoms with Crippen LogP contribution in [0.25, 0.3) is 22.2 Å². The second-order valence-corrected chi connectivity index (χ2v) is 7.16. The Kier molecular flexibility index (Phi) is 4.22. The van der Waals surface area contributed by atoms with Crippen molar-refractivity contribution < 1.29 is 13.2 Å². The molecule has 4 aromatic rings. The molecule has 1 aliphatic heterocycles. The van der Waals surface area contributed by atoms with E-state index in [9.17, 15) is 4.39 Å². The van der Waals surface area contributed by atoms with E-state index in [0.29, 0.717) is 22.7 Å². The number of nitrogens with zero attached hydrogens (tertiary/aromatic N) is 4. The Balaban J connectivity index is 1.34. The molecule has 0 atom stereocenters. The van der Waals surface area contributed by atoms with Crippen LogP contribution in [0.1, 0.15) is 5.56 Å². The first-order valence-corrected chi connectivity index (χ1v) is 9.26. The molecule has 8 heteroatoms. The molecule has 1 aliphatic rings. The molecule has 0 unspecified atom stereocenters. The Labute approximate surface area is 160 Å². The van der Waals surface area contributed by atoms with Crippen LogP contribution in [0.2, 0.25) is 0 Å². The monoisotopic (exact) mass is 381 g/mol. The van der Waals surface area contributed by atoms with Crippen molar-refractivity contribution in [3.8, 4) is 0 Å². The number of halogens is 1. The van der Waals surface area contributed by atoms with Crippen molar-refractivity contribution in [3.05, 3.63) is 47.8 Å². The summed E-state index contributed by atoms with van der Waals surface area (Å²) in [6, 6.07) is 10.7.